The highest BCUT2D eigenvalue weighted by Crippen LogP contribution is 2.18. The molecule has 0 unspecified atom stereocenters. The maximum atomic E-state index is 12.3. The van der Waals surface area contributed by atoms with E-state index in [2.05, 4.69) is 20.8 Å². The number of carbonyl (C=O) groups excluding carboxylic acids is 1. The molecule has 0 aliphatic rings. The second-order valence-electron chi connectivity index (χ2n) is 5.19. The highest BCUT2D eigenvalue weighted by molar-refractivity contribution is 5.94. The number of rotatable bonds is 5. The molecule has 1 atom stereocenters. The fourth-order valence-corrected chi connectivity index (χ4v) is 2.15. The van der Waals surface area contributed by atoms with Crippen LogP contribution in [-0.2, 0) is 4.79 Å². The van der Waals surface area contributed by atoms with E-state index in [1.165, 1.54) is 11.0 Å². The Morgan fingerprint density at radius 2 is 2.12 bits per heavy atom. The number of nitriles is 1. The molecular weight excluding hydrogens is 320 g/mol. The summed E-state index contributed by atoms with van der Waals surface area (Å²) in [6.07, 6.45) is 0.743. The molecule has 0 aliphatic heterocycles. The largest absolute Gasteiger partial charge is 0.481 e. The molecule has 0 bridgehead atoms. The van der Waals surface area contributed by atoms with Gasteiger partial charge in [0.15, 0.2) is 6.10 Å². The first kappa shape index (κ1) is 16.1. The number of benzene rings is 2. The second kappa shape index (κ2) is 7.23. The quantitative estimate of drug-likeness (QED) is 0.764. The Hall–Kier alpha value is -3.73. The Bertz CT molecular complexity index is 917. The van der Waals surface area contributed by atoms with Crippen LogP contribution in [-0.4, -0.2) is 32.2 Å². The van der Waals surface area contributed by atoms with Crippen LogP contribution in [0.15, 0.2) is 54.9 Å². The summed E-state index contributed by atoms with van der Waals surface area (Å²) >= 11 is 0. The zero-order chi connectivity index (χ0) is 17.6. The van der Waals surface area contributed by atoms with Crippen molar-refractivity contribution in [1.82, 2.24) is 20.2 Å². The average Bonchev–Trinajstić information content (AvgIpc) is 3.17. The van der Waals surface area contributed by atoms with Gasteiger partial charge in [0, 0.05) is 11.8 Å². The minimum atomic E-state index is -0.727. The van der Waals surface area contributed by atoms with Gasteiger partial charge >= 0.3 is 0 Å². The highest BCUT2D eigenvalue weighted by atomic mass is 16.5. The van der Waals surface area contributed by atoms with Crippen LogP contribution in [0.2, 0.25) is 0 Å². The summed E-state index contributed by atoms with van der Waals surface area (Å²) in [5.74, 6) is 0.198. The molecule has 3 rings (SSSR count). The molecule has 2 aromatic carbocycles. The SMILES string of the molecule is C[C@@H](Oc1cccc(-n2cnnn2)c1)C(=O)Nc1cccc(C#N)c1. The molecule has 0 saturated heterocycles. The Labute approximate surface area is 143 Å². The van der Waals surface area contributed by atoms with E-state index in [0.29, 0.717) is 17.0 Å². The van der Waals surface area contributed by atoms with E-state index in [-0.39, 0.29) is 5.91 Å². The van der Waals surface area contributed by atoms with Crippen LogP contribution in [0.5, 0.6) is 5.75 Å². The topological polar surface area (TPSA) is 106 Å². The van der Waals surface area contributed by atoms with Gasteiger partial charge in [-0.2, -0.15) is 5.26 Å². The maximum Gasteiger partial charge on any atom is 0.265 e. The third-order valence-corrected chi connectivity index (χ3v) is 3.37. The van der Waals surface area contributed by atoms with Crippen LogP contribution in [0.25, 0.3) is 5.69 Å². The second-order valence-corrected chi connectivity index (χ2v) is 5.19. The van der Waals surface area contributed by atoms with Gasteiger partial charge in [-0.15, -0.1) is 5.10 Å². The van der Waals surface area contributed by atoms with Gasteiger partial charge in [-0.1, -0.05) is 12.1 Å². The lowest BCUT2D eigenvalue weighted by molar-refractivity contribution is -0.122. The van der Waals surface area contributed by atoms with Crippen molar-refractivity contribution in [3.8, 4) is 17.5 Å². The van der Waals surface area contributed by atoms with E-state index >= 15 is 0 Å². The maximum absolute atomic E-state index is 12.3. The summed E-state index contributed by atoms with van der Waals surface area (Å²) in [5, 5.41) is 22.6. The predicted octanol–water partition coefficient (Wildman–Crippen LogP) is 1.94. The standard InChI is InChI=1S/C17H14N6O2/c1-12(17(24)20-14-5-2-4-13(8-14)10-18)25-16-7-3-6-15(9-16)23-11-19-21-22-23/h2-9,11-12H,1H3,(H,20,24)/t12-/m1/s1. The zero-order valence-corrected chi connectivity index (χ0v) is 13.3. The average molecular weight is 334 g/mol. The number of carbonyl (C=O) groups is 1. The summed E-state index contributed by atoms with van der Waals surface area (Å²) in [6.45, 7) is 1.65. The van der Waals surface area contributed by atoms with Crippen molar-refractivity contribution in [2.45, 2.75) is 13.0 Å². The van der Waals surface area contributed by atoms with Crippen LogP contribution >= 0.6 is 0 Å². The van der Waals surface area contributed by atoms with E-state index < -0.39 is 6.10 Å². The first-order valence-corrected chi connectivity index (χ1v) is 7.47. The number of amides is 1. The van der Waals surface area contributed by atoms with Gasteiger partial charge in [-0.3, -0.25) is 4.79 Å². The van der Waals surface area contributed by atoms with Gasteiger partial charge in [0.1, 0.15) is 12.1 Å². The zero-order valence-electron chi connectivity index (χ0n) is 13.3. The number of nitrogens with zero attached hydrogens (tertiary/aromatic N) is 5. The van der Waals surface area contributed by atoms with Gasteiger partial charge in [-0.25, -0.2) is 4.68 Å². The lowest BCUT2D eigenvalue weighted by atomic mass is 10.2. The molecule has 0 radical (unpaired) electrons. The van der Waals surface area contributed by atoms with E-state index in [9.17, 15) is 4.79 Å². The van der Waals surface area contributed by atoms with Crippen molar-refractivity contribution >= 4 is 11.6 Å². The number of hydrogen-bond acceptors (Lipinski definition) is 6. The summed E-state index contributed by atoms with van der Waals surface area (Å²) in [5.41, 5.74) is 1.74. The molecule has 1 amide bonds. The van der Waals surface area contributed by atoms with Crippen molar-refractivity contribution in [2.75, 3.05) is 5.32 Å². The Morgan fingerprint density at radius 3 is 2.88 bits per heavy atom. The van der Waals surface area contributed by atoms with Crippen LogP contribution in [0.4, 0.5) is 5.69 Å². The molecule has 1 aromatic heterocycles. The third kappa shape index (κ3) is 3.97. The van der Waals surface area contributed by atoms with E-state index in [1.807, 2.05) is 12.1 Å². The summed E-state index contributed by atoms with van der Waals surface area (Å²) in [4.78, 5) is 12.3. The molecule has 124 valence electrons. The molecule has 0 aliphatic carbocycles. The normalized spacial score (nSPS) is 11.4. The molecule has 1 N–H and O–H groups in total. The van der Waals surface area contributed by atoms with Crippen molar-refractivity contribution in [2.24, 2.45) is 0 Å². The minimum Gasteiger partial charge on any atom is -0.481 e. The Morgan fingerprint density at radius 1 is 1.28 bits per heavy atom. The van der Waals surface area contributed by atoms with E-state index in [0.717, 1.165) is 5.69 Å². The van der Waals surface area contributed by atoms with Gasteiger partial charge in [0.25, 0.3) is 5.91 Å². The van der Waals surface area contributed by atoms with Gasteiger partial charge in [-0.05, 0) is 47.7 Å². The number of hydrogen-bond donors (Lipinski definition) is 1. The molecule has 3 aromatic rings. The molecule has 0 saturated carbocycles. The number of tetrazole rings is 1. The van der Waals surface area contributed by atoms with Crippen LogP contribution in [0.1, 0.15) is 12.5 Å². The fraction of sp³-hybridized carbons (Fsp3) is 0.118. The summed E-state index contributed by atoms with van der Waals surface area (Å²) in [6, 6.07) is 15.8. The fourth-order valence-electron chi connectivity index (χ4n) is 2.15. The third-order valence-electron chi connectivity index (χ3n) is 3.37. The molecular formula is C17H14N6O2. The number of anilines is 1. The molecule has 0 fully saturated rings. The Kier molecular flexibility index (Phi) is 4.67. The Balaban J connectivity index is 1.67. The first-order valence-electron chi connectivity index (χ1n) is 7.47. The van der Waals surface area contributed by atoms with Crippen molar-refractivity contribution in [1.29, 1.82) is 5.26 Å². The van der Waals surface area contributed by atoms with Crippen LogP contribution in [0, 0.1) is 11.3 Å². The van der Waals surface area contributed by atoms with Gasteiger partial charge in [0.2, 0.25) is 0 Å². The summed E-state index contributed by atoms with van der Waals surface area (Å²) in [7, 11) is 0. The molecule has 8 nitrogen and oxygen atoms in total. The lowest BCUT2D eigenvalue weighted by Crippen LogP contribution is -2.30. The number of aromatic nitrogens is 4. The molecule has 0 spiro atoms. The van der Waals surface area contributed by atoms with Gasteiger partial charge in [0.05, 0.1) is 17.3 Å². The lowest BCUT2D eigenvalue weighted by Gasteiger charge is -2.15. The minimum absolute atomic E-state index is 0.317. The monoisotopic (exact) mass is 334 g/mol. The summed E-state index contributed by atoms with van der Waals surface area (Å²) < 4.78 is 7.18. The number of nitrogens with one attached hydrogen (secondary N) is 1. The van der Waals surface area contributed by atoms with Crippen molar-refractivity contribution < 1.29 is 9.53 Å². The van der Waals surface area contributed by atoms with Crippen molar-refractivity contribution in [3.63, 3.8) is 0 Å². The number of ether oxygens (including phenoxy) is 1. The smallest absolute Gasteiger partial charge is 0.265 e. The highest BCUT2D eigenvalue weighted by Gasteiger charge is 2.15. The molecule has 25 heavy (non-hydrogen) atoms. The first-order chi connectivity index (χ1) is 12.2. The molecule has 1 heterocycles. The van der Waals surface area contributed by atoms with E-state index in [1.54, 1.807) is 49.4 Å². The van der Waals surface area contributed by atoms with Crippen LogP contribution in [0.3, 0.4) is 0 Å². The van der Waals surface area contributed by atoms with Gasteiger partial charge < -0.3 is 10.1 Å². The molecule has 8 heteroatoms. The van der Waals surface area contributed by atoms with Crippen molar-refractivity contribution in [3.05, 3.63) is 60.4 Å². The van der Waals surface area contributed by atoms with E-state index in [4.69, 9.17) is 10.00 Å². The van der Waals surface area contributed by atoms with Crippen LogP contribution < -0.4 is 10.1 Å². The predicted molar refractivity (Wildman–Crippen MR) is 89.0 cm³/mol.